The summed E-state index contributed by atoms with van der Waals surface area (Å²) in [7, 11) is 1.53. The SMILES string of the molecule is COc1ccc(C(NC(=O)c2cc(C3CC3)[nH]n2)C(=O)O)cc1. The van der Waals surface area contributed by atoms with Gasteiger partial charge in [0.15, 0.2) is 6.04 Å². The molecule has 1 amide bonds. The van der Waals surface area contributed by atoms with E-state index in [0.717, 1.165) is 18.5 Å². The zero-order valence-corrected chi connectivity index (χ0v) is 12.6. The summed E-state index contributed by atoms with van der Waals surface area (Å²) in [6.07, 6.45) is 2.18. The van der Waals surface area contributed by atoms with Crippen LogP contribution in [0.15, 0.2) is 30.3 Å². The molecule has 1 aliphatic rings. The van der Waals surface area contributed by atoms with Crippen molar-refractivity contribution in [3.8, 4) is 5.75 Å². The lowest BCUT2D eigenvalue weighted by Crippen LogP contribution is -2.33. The highest BCUT2D eigenvalue weighted by Gasteiger charge is 2.28. The molecule has 1 unspecified atom stereocenters. The normalized spacial score (nSPS) is 15.0. The zero-order valence-electron chi connectivity index (χ0n) is 12.6. The second-order valence-corrected chi connectivity index (χ2v) is 5.50. The van der Waals surface area contributed by atoms with E-state index in [2.05, 4.69) is 15.5 Å². The molecule has 120 valence electrons. The summed E-state index contributed by atoms with van der Waals surface area (Å²) >= 11 is 0. The highest BCUT2D eigenvalue weighted by molar-refractivity contribution is 5.95. The number of ether oxygens (including phenoxy) is 1. The van der Waals surface area contributed by atoms with Gasteiger partial charge < -0.3 is 15.2 Å². The summed E-state index contributed by atoms with van der Waals surface area (Å²) < 4.78 is 5.04. The van der Waals surface area contributed by atoms with Crippen LogP contribution in [-0.2, 0) is 4.79 Å². The maximum absolute atomic E-state index is 12.2. The fourth-order valence-electron chi connectivity index (χ4n) is 2.35. The second kappa shape index (κ2) is 6.12. The molecule has 0 radical (unpaired) electrons. The zero-order chi connectivity index (χ0) is 16.4. The highest BCUT2D eigenvalue weighted by atomic mass is 16.5. The Kier molecular flexibility index (Phi) is 4.01. The first kappa shape index (κ1) is 15.1. The largest absolute Gasteiger partial charge is 0.497 e. The number of aromatic amines is 1. The van der Waals surface area contributed by atoms with E-state index in [1.807, 2.05) is 0 Å². The number of carbonyl (C=O) groups is 2. The molecule has 0 saturated heterocycles. The molecule has 3 rings (SSSR count). The maximum atomic E-state index is 12.2. The number of carboxylic acids is 1. The Labute approximate surface area is 132 Å². The number of nitrogens with one attached hydrogen (secondary N) is 2. The van der Waals surface area contributed by atoms with Gasteiger partial charge in [-0.25, -0.2) is 4.79 Å². The quantitative estimate of drug-likeness (QED) is 0.754. The van der Waals surface area contributed by atoms with Gasteiger partial charge in [-0.2, -0.15) is 5.10 Å². The second-order valence-electron chi connectivity index (χ2n) is 5.50. The molecule has 0 aliphatic heterocycles. The monoisotopic (exact) mass is 315 g/mol. The molecule has 0 bridgehead atoms. The van der Waals surface area contributed by atoms with Gasteiger partial charge in [0.25, 0.3) is 5.91 Å². The van der Waals surface area contributed by atoms with Crippen LogP contribution in [0.2, 0.25) is 0 Å². The van der Waals surface area contributed by atoms with Gasteiger partial charge in [0.05, 0.1) is 7.11 Å². The van der Waals surface area contributed by atoms with Crippen LogP contribution in [0.4, 0.5) is 0 Å². The number of H-pyrrole nitrogens is 1. The number of nitrogens with zero attached hydrogens (tertiary/aromatic N) is 1. The van der Waals surface area contributed by atoms with E-state index < -0.39 is 17.9 Å². The van der Waals surface area contributed by atoms with E-state index in [-0.39, 0.29) is 5.69 Å². The molecular weight excluding hydrogens is 298 g/mol. The summed E-state index contributed by atoms with van der Waals surface area (Å²) in [5.74, 6) is -0.593. The predicted octanol–water partition coefficient (Wildman–Crippen LogP) is 1.85. The van der Waals surface area contributed by atoms with Crippen molar-refractivity contribution >= 4 is 11.9 Å². The molecule has 23 heavy (non-hydrogen) atoms. The first-order valence-corrected chi connectivity index (χ1v) is 7.31. The first-order valence-electron chi connectivity index (χ1n) is 7.31. The van der Waals surface area contributed by atoms with Crippen molar-refractivity contribution in [2.24, 2.45) is 0 Å². The van der Waals surface area contributed by atoms with E-state index in [0.29, 0.717) is 17.2 Å². The maximum Gasteiger partial charge on any atom is 0.330 e. The number of benzene rings is 1. The molecule has 2 aromatic rings. The van der Waals surface area contributed by atoms with E-state index in [9.17, 15) is 14.7 Å². The van der Waals surface area contributed by atoms with E-state index in [1.54, 1.807) is 30.3 Å². The summed E-state index contributed by atoms with van der Waals surface area (Å²) in [6.45, 7) is 0. The number of hydrogen-bond donors (Lipinski definition) is 3. The van der Waals surface area contributed by atoms with Crippen LogP contribution >= 0.6 is 0 Å². The summed E-state index contributed by atoms with van der Waals surface area (Å²) in [6, 6.07) is 7.05. The van der Waals surface area contributed by atoms with Crippen LogP contribution in [0.1, 0.15) is 46.5 Å². The number of carbonyl (C=O) groups excluding carboxylic acids is 1. The number of hydrogen-bond acceptors (Lipinski definition) is 4. The summed E-state index contributed by atoms with van der Waals surface area (Å²) in [5, 5.41) is 18.7. The van der Waals surface area contributed by atoms with Gasteiger partial charge in [0.1, 0.15) is 11.4 Å². The van der Waals surface area contributed by atoms with Gasteiger partial charge in [-0.1, -0.05) is 12.1 Å². The number of rotatable bonds is 6. The Hall–Kier alpha value is -2.83. The molecule has 3 N–H and O–H groups in total. The van der Waals surface area contributed by atoms with Crippen molar-refractivity contribution in [3.63, 3.8) is 0 Å². The highest BCUT2D eigenvalue weighted by Crippen LogP contribution is 2.39. The minimum Gasteiger partial charge on any atom is -0.497 e. The predicted molar refractivity (Wildman–Crippen MR) is 81.4 cm³/mol. The lowest BCUT2D eigenvalue weighted by molar-refractivity contribution is -0.139. The van der Waals surface area contributed by atoms with Gasteiger partial charge in [0, 0.05) is 11.6 Å². The third kappa shape index (κ3) is 3.33. The molecule has 0 spiro atoms. The molecular formula is C16H17N3O4. The molecule has 1 aromatic carbocycles. The standard InChI is InChI=1S/C16H17N3O4/c1-23-11-6-4-10(5-7-11)14(16(21)22)17-15(20)13-8-12(18-19-13)9-2-3-9/h4-9,14H,2-3H2,1H3,(H,17,20)(H,18,19)(H,21,22). The third-order valence-electron chi connectivity index (χ3n) is 3.82. The Morgan fingerprint density at radius 2 is 2.04 bits per heavy atom. The number of amides is 1. The number of aromatic nitrogens is 2. The van der Waals surface area contributed by atoms with Gasteiger partial charge in [-0.3, -0.25) is 9.89 Å². The number of aliphatic carboxylic acids is 1. The van der Waals surface area contributed by atoms with Gasteiger partial charge in [0.2, 0.25) is 0 Å². The summed E-state index contributed by atoms with van der Waals surface area (Å²) in [4.78, 5) is 23.7. The van der Waals surface area contributed by atoms with Crippen molar-refractivity contribution < 1.29 is 19.4 Å². The van der Waals surface area contributed by atoms with Crippen LogP contribution in [0, 0.1) is 0 Å². The minimum atomic E-state index is -1.14. The van der Waals surface area contributed by atoms with Crippen LogP contribution < -0.4 is 10.1 Å². The average molecular weight is 315 g/mol. The van der Waals surface area contributed by atoms with Gasteiger partial charge >= 0.3 is 5.97 Å². The van der Waals surface area contributed by atoms with E-state index in [1.165, 1.54) is 7.11 Å². The fourth-order valence-corrected chi connectivity index (χ4v) is 2.35. The Morgan fingerprint density at radius 1 is 1.35 bits per heavy atom. The van der Waals surface area contributed by atoms with E-state index >= 15 is 0 Å². The van der Waals surface area contributed by atoms with Gasteiger partial charge in [-0.15, -0.1) is 0 Å². The van der Waals surface area contributed by atoms with Crippen LogP contribution in [0.25, 0.3) is 0 Å². The van der Waals surface area contributed by atoms with Crippen molar-refractivity contribution in [2.75, 3.05) is 7.11 Å². The molecule has 1 fully saturated rings. The lowest BCUT2D eigenvalue weighted by Gasteiger charge is -2.14. The van der Waals surface area contributed by atoms with Crippen molar-refractivity contribution in [1.82, 2.24) is 15.5 Å². The molecule has 7 nitrogen and oxygen atoms in total. The van der Waals surface area contributed by atoms with E-state index in [4.69, 9.17) is 4.74 Å². The number of methoxy groups -OCH3 is 1. The van der Waals surface area contributed by atoms with Crippen LogP contribution in [0.3, 0.4) is 0 Å². The third-order valence-corrected chi connectivity index (χ3v) is 3.82. The van der Waals surface area contributed by atoms with Crippen molar-refractivity contribution in [1.29, 1.82) is 0 Å². The Bertz CT molecular complexity index is 719. The molecule has 1 heterocycles. The van der Waals surface area contributed by atoms with Crippen LogP contribution in [-0.4, -0.2) is 34.3 Å². The lowest BCUT2D eigenvalue weighted by atomic mass is 10.1. The minimum absolute atomic E-state index is 0.201. The Morgan fingerprint density at radius 3 is 2.61 bits per heavy atom. The summed E-state index contributed by atoms with van der Waals surface area (Å²) in [5.41, 5.74) is 1.59. The molecule has 1 aliphatic carbocycles. The van der Waals surface area contributed by atoms with Crippen molar-refractivity contribution in [2.45, 2.75) is 24.8 Å². The van der Waals surface area contributed by atoms with Crippen LogP contribution in [0.5, 0.6) is 5.75 Å². The molecule has 1 saturated carbocycles. The number of carboxylic acid groups (broad SMARTS) is 1. The molecule has 1 aromatic heterocycles. The van der Waals surface area contributed by atoms with Gasteiger partial charge in [-0.05, 0) is 36.6 Å². The fraction of sp³-hybridized carbons (Fsp3) is 0.312. The average Bonchev–Trinajstić information content (AvgIpc) is 3.29. The topological polar surface area (TPSA) is 104 Å². The Balaban J connectivity index is 1.74. The smallest absolute Gasteiger partial charge is 0.330 e. The first-order chi connectivity index (χ1) is 11.1. The van der Waals surface area contributed by atoms with Crippen molar-refractivity contribution in [3.05, 3.63) is 47.3 Å². The molecule has 1 atom stereocenters. The molecule has 7 heteroatoms.